The molecule has 0 radical (unpaired) electrons. The first kappa shape index (κ1) is 23.7. The third-order valence-corrected chi connectivity index (χ3v) is 8.18. The number of hydrogen-bond donors (Lipinski definition) is 1. The number of likely N-dealkylation sites (tertiary alicyclic amines) is 1. The summed E-state index contributed by atoms with van der Waals surface area (Å²) in [5.74, 6) is -2.72. The van der Waals surface area contributed by atoms with Crippen molar-refractivity contribution in [3.63, 3.8) is 0 Å². The van der Waals surface area contributed by atoms with Crippen LogP contribution in [0, 0.1) is 23.2 Å². The van der Waals surface area contributed by atoms with Crippen LogP contribution in [0.1, 0.15) is 31.2 Å². The molecule has 37 heavy (non-hydrogen) atoms. The number of nitrogens with zero attached hydrogens (tertiary/aromatic N) is 6. The predicted molar refractivity (Wildman–Crippen MR) is 128 cm³/mol. The number of nitrogens with two attached hydrogens (primary N) is 1. The highest BCUT2D eigenvalue weighted by Gasteiger charge is 2.62. The second kappa shape index (κ2) is 9.02. The van der Waals surface area contributed by atoms with E-state index < -0.39 is 17.7 Å². The summed E-state index contributed by atoms with van der Waals surface area (Å²) in [5, 5.41) is 10.3. The summed E-state index contributed by atoms with van der Waals surface area (Å²) < 4.78 is 39.5. The van der Waals surface area contributed by atoms with Gasteiger partial charge in [-0.05, 0) is 31.2 Å². The number of alkyl halides is 2. The van der Waals surface area contributed by atoms with Crippen LogP contribution in [-0.4, -0.2) is 56.1 Å². The molecule has 1 saturated heterocycles. The van der Waals surface area contributed by atoms with E-state index >= 15 is 0 Å². The van der Waals surface area contributed by atoms with Crippen molar-refractivity contribution in [1.29, 1.82) is 5.26 Å². The number of anilines is 1. The SMILES string of the molecule is N#Cc1cc2c(cc1Sc1nc3c(N)ncnc3n1CCC1CCN(C(=O)C3CC3(F)F)CC1)OCO2. The quantitative estimate of drug-likeness (QED) is 0.512. The van der Waals surface area contributed by atoms with Crippen LogP contribution in [-0.2, 0) is 11.3 Å². The second-order valence-electron chi connectivity index (χ2n) is 9.47. The van der Waals surface area contributed by atoms with E-state index in [9.17, 15) is 18.8 Å². The number of fused-ring (bicyclic) bond motifs is 2. The second-order valence-corrected chi connectivity index (χ2v) is 10.5. The number of ether oxygens (including phenoxy) is 2. The van der Waals surface area contributed by atoms with E-state index in [1.54, 1.807) is 17.0 Å². The molecule has 0 bridgehead atoms. The van der Waals surface area contributed by atoms with E-state index in [-0.39, 0.29) is 19.0 Å². The Labute approximate surface area is 214 Å². The number of benzene rings is 1. The van der Waals surface area contributed by atoms with Gasteiger partial charge >= 0.3 is 0 Å². The van der Waals surface area contributed by atoms with Gasteiger partial charge in [-0.25, -0.2) is 23.7 Å². The summed E-state index contributed by atoms with van der Waals surface area (Å²) in [6.45, 7) is 1.66. The Morgan fingerprint density at radius 3 is 2.68 bits per heavy atom. The number of carbonyl (C=O) groups excluding carboxylic acids is 1. The number of piperidine rings is 1. The van der Waals surface area contributed by atoms with Gasteiger partial charge in [0, 0.05) is 37.0 Å². The maximum absolute atomic E-state index is 13.3. The van der Waals surface area contributed by atoms with Crippen molar-refractivity contribution in [3.05, 3.63) is 24.0 Å². The van der Waals surface area contributed by atoms with Gasteiger partial charge in [0.25, 0.3) is 5.92 Å². The van der Waals surface area contributed by atoms with Gasteiger partial charge < -0.3 is 24.7 Å². The first-order valence-corrected chi connectivity index (χ1v) is 12.8. The molecule has 192 valence electrons. The van der Waals surface area contributed by atoms with Crippen molar-refractivity contribution in [2.24, 2.45) is 11.8 Å². The van der Waals surface area contributed by atoms with E-state index in [0.29, 0.717) is 63.8 Å². The Morgan fingerprint density at radius 2 is 1.97 bits per heavy atom. The number of halogens is 2. The molecule has 2 aliphatic heterocycles. The Balaban J connectivity index is 1.20. The first-order valence-electron chi connectivity index (χ1n) is 12.0. The van der Waals surface area contributed by atoms with Gasteiger partial charge in [0.1, 0.15) is 18.3 Å². The molecule has 13 heteroatoms. The minimum Gasteiger partial charge on any atom is -0.454 e. The molecule has 1 amide bonds. The molecule has 2 fully saturated rings. The number of nitrogen functional groups attached to an aromatic ring is 1. The first-order chi connectivity index (χ1) is 17.8. The van der Waals surface area contributed by atoms with Crippen molar-refractivity contribution in [1.82, 2.24) is 24.4 Å². The van der Waals surface area contributed by atoms with Gasteiger partial charge in [0.15, 0.2) is 33.6 Å². The fourth-order valence-corrected chi connectivity index (χ4v) is 5.86. The normalized spacial score (nSPS) is 20.2. The fourth-order valence-electron chi connectivity index (χ4n) is 4.86. The highest BCUT2D eigenvalue weighted by Crippen LogP contribution is 2.50. The standard InChI is InChI=1S/C24H23F2N7O3S/c25-24(26)9-15(24)22(34)32-4-1-13(2-5-32)3-6-33-21-19(20(28)29-11-30-21)31-23(33)37-18-8-17-16(35-12-36-17)7-14(18)10-27/h7-8,11,13,15H,1-6,9,12H2,(H2,28,29,30). The van der Waals surface area contributed by atoms with Gasteiger partial charge in [0.2, 0.25) is 12.7 Å². The van der Waals surface area contributed by atoms with Crippen molar-refractivity contribution in [2.45, 2.75) is 48.2 Å². The van der Waals surface area contributed by atoms with Gasteiger partial charge in [-0.3, -0.25) is 4.79 Å². The molecule has 10 nitrogen and oxygen atoms in total. The molecule has 1 aromatic carbocycles. The lowest BCUT2D eigenvalue weighted by Crippen LogP contribution is -2.40. The fraction of sp³-hybridized carbons (Fsp3) is 0.458. The number of imidazole rings is 1. The Hall–Kier alpha value is -3.66. The van der Waals surface area contributed by atoms with Crippen LogP contribution >= 0.6 is 11.8 Å². The summed E-state index contributed by atoms with van der Waals surface area (Å²) in [5.41, 5.74) is 7.59. The molecule has 6 rings (SSSR count). The molecule has 1 aliphatic carbocycles. The number of rotatable bonds is 6. The van der Waals surface area contributed by atoms with Gasteiger partial charge in [0.05, 0.1) is 5.56 Å². The van der Waals surface area contributed by atoms with Crippen molar-refractivity contribution >= 4 is 34.7 Å². The van der Waals surface area contributed by atoms with Crippen LogP contribution in [0.5, 0.6) is 11.5 Å². The largest absolute Gasteiger partial charge is 0.454 e. The minimum atomic E-state index is -2.84. The number of carbonyl (C=O) groups is 1. The highest BCUT2D eigenvalue weighted by molar-refractivity contribution is 7.99. The number of hydrogen-bond acceptors (Lipinski definition) is 9. The van der Waals surface area contributed by atoms with Crippen LogP contribution in [0.25, 0.3) is 11.2 Å². The molecule has 0 spiro atoms. The Kier molecular flexibility index (Phi) is 5.78. The minimum absolute atomic E-state index is 0.104. The number of aromatic nitrogens is 4. The number of amides is 1. The molecule has 1 saturated carbocycles. The van der Waals surface area contributed by atoms with Crippen LogP contribution in [0.2, 0.25) is 0 Å². The van der Waals surface area contributed by atoms with E-state index in [2.05, 4.69) is 21.0 Å². The molecule has 2 aromatic heterocycles. The molecule has 4 heterocycles. The Bertz CT molecular complexity index is 1430. The predicted octanol–water partition coefficient (Wildman–Crippen LogP) is 3.44. The molecule has 1 atom stereocenters. The van der Waals surface area contributed by atoms with E-state index in [1.165, 1.54) is 18.1 Å². The number of nitriles is 1. The zero-order valence-electron chi connectivity index (χ0n) is 19.7. The summed E-state index contributed by atoms with van der Waals surface area (Å²) in [7, 11) is 0. The molecule has 3 aliphatic rings. The average Bonchev–Trinajstić information content (AvgIpc) is 3.20. The lowest BCUT2D eigenvalue weighted by molar-refractivity contribution is -0.136. The maximum Gasteiger partial charge on any atom is 0.260 e. The van der Waals surface area contributed by atoms with E-state index in [1.807, 2.05) is 4.57 Å². The monoisotopic (exact) mass is 527 g/mol. The third-order valence-electron chi connectivity index (χ3n) is 7.13. The van der Waals surface area contributed by atoms with Crippen molar-refractivity contribution in [2.75, 3.05) is 25.6 Å². The maximum atomic E-state index is 13.3. The van der Waals surface area contributed by atoms with Gasteiger partial charge in [-0.1, -0.05) is 11.8 Å². The average molecular weight is 528 g/mol. The topological polar surface area (TPSA) is 132 Å². The summed E-state index contributed by atoms with van der Waals surface area (Å²) >= 11 is 1.31. The molecular weight excluding hydrogens is 504 g/mol. The summed E-state index contributed by atoms with van der Waals surface area (Å²) in [6.07, 6.45) is 3.34. The van der Waals surface area contributed by atoms with E-state index in [0.717, 1.165) is 19.3 Å². The van der Waals surface area contributed by atoms with Crippen molar-refractivity contribution < 1.29 is 23.0 Å². The van der Waals surface area contributed by atoms with Gasteiger partial charge in [-0.15, -0.1) is 0 Å². The van der Waals surface area contributed by atoms with Crippen LogP contribution in [0.3, 0.4) is 0 Å². The van der Waals surface area contributed by atoms with Crippen LogP contribution < -0.4 is 15.2 Å². The zero-order valence-corrected chi connectivity index (χ0v) is 20.5. The molecule has 1 unspecified atom stereocenters. The molecule has 3 aromatic rings. The van der Waals surface area contributed by atoms with Crippen molar-refractivity contribution in [3.8, 4) is 17.6 Å². The number of aryl methyl sites for hydroxylation is 1. The Morgan fingerprint density at radius 1 is 1.24 bits per heavy atom. The van der Waals surface area contributed by atoms with Gasteiger partial charge in [-0.2, -0.15) is 5.26 Å². The molecular formula is C24H23F2N7O3S. The summed E-state index contributed by atoms with van der Waals surface area (Å²) in [4.78, 5) is 27.7. The molecule has 2 N–H and O–H groups in total. The van der Waals surface area contributed by atoms with E-state index in [4.69, 9.17) is 15.2 Å². The smallest absolute Gasteiger partial charge is 0.260 e. The van der Waals surface area contributed by atoms with Crippen LogP contribution in [0.4, 0.5) is 14.6 Å². The highest BCUT2D eigenvalue weighted by atomic mass is 32.2. The van der Waals surface area contributed by atoms with Crippen LogP contribution in [0.15, 0.2) is 28.5 Å². The lowest BCUT2D eigenvalue weighted by Gasteiger charge is -2.32. The lowest BCUT2D eigenvalue weighted by atomic mass is 9.93. The summed E-state index contributed by atoms with van der Waals surface area (Å²) in [6, 6.07) is 5.61. The zero-order chi connectivity index (χ0) is 25.7. The third kappa shape index (κ3) is 4.39.